The zero-order valence-corrected chi connectivity index (χ0v) is 12.4. The van der Waals surface area contributed by atoms with Gasteiger partial charge in [0, 0.05) is 19.1 Å². The van der Waals surface area contributed by atoms with Crippen molar-refractivity contribution in [2.75, 3.05) is 13.6 Å². The molecule has 0 spiro atoms. The quantitative estimate of drug-likeness (QED) is 0.758. The number of benzene rings is 1. The molecule has 0 heterocycles. The maximum absolute atomic E-state index is 3.35. The molecule has 0 aliphatic carbocycles. The second kappa shape index (κ2) is 8.28. The highest BCUT2D eigenvalue weighted by molar-refractivity contribution is 5.22. The molecule has 0 unspecified atom stereocenters. The van der Waals surface area contributed by atoms with E-state index in [0.29, 0.717) is 6.04 Å². The molecule has 0 fully saturated rings. The zero-order chi connectivity index (χ0) is 13.4. The van der Waals surface area contributed by atoms with Gasteiger partial charge in [0.2, 0.25) is 0 Å². The molecular formula is C16H28N2. The smallest absolute Gasteiger partial charge is 0.0233 e. The molecule has 0 atom stereocenters. The Bertz CT molecular complexity index is 314. The molecule has 102 valence electrons. The summed E-state index contributed by atoms with van der Waals surface area (Å²) >= 11 is 0. The lowest BCUT2D eigenvalue weighted by Crippen LogP contribution is -2.29. The highest BCUT2D eigenvalue weighted by Gasteiger charge is 2.10. The van der Waals surface area contributed by atoms with Gasteiger partial charge < -0.3 is 5.32 Å². The van der Waals surface area contributed by atoms with Gasteiger partial charge in [0.25, 0.3) is 0 Å². The van der Waals surface area contributed by atoms with Gasteiger partial charge in [-0.25, -0.2) is 0 Å². The van der Waals surface area contributed by atoms with Crippen LogP contribution >= 0.6 is 0 Å². The van der Waals surface area contributed by atoms with Crippen molar-refractivity contribution >= 4 is 0 Å². The fraction of sp³-hybridized carbons (Fsp3) is 0.625. The van der Waals surface area contributed by atoms with Crippen molar-refractivity contribution in [1.29, 1.82) is 0 Å². The lowest BCUT2D eigenvalue weighted by molar-refractivity contribution is 0.222. The molecule has 1 N–H and O–H groups in total. The minimum Gasteiger partial charge on any atom is -0.313 e. The summed E-state index contributed by atoms with van der Waals surface area (Å²) in [5.74, 6) is 0. The molecule has 0 aromatic heterocycles. The first-order valence-corrected chi connectivity index (χ1v) is 7.20. The van der Waals surface area contributed by atoms with Crippen LogP contribution < -0.4 is 5.32 Å². The Hall–Kier alpha value is -0.860. The standard InChI is InChI=1S/C16H28N2/c1-5-16(6-2)18(4)13-15-10-8-14(9-11-15)12-17-7-3/h8-11,16-17H,5-7,12-13H2,1-4H3. The average molecular weight is 248 g/mol. The van der Waals surface area contributed by atoms with Gasteiger partial charge in [-0.1, -0.05) is 45.0 Å². The third kappa shape index (κ3) is 4.79. The number of hydrogen-bond donors (Lipinski definition) is 1. The summed E-state index contributed by atoms with van der Waals surface area (Å²) in [6, 6.07) is 9.68. The Morgan fingerprint density at radius 2 is 1.56 bits per heavy atom. The summed E-state index contributed by atoms with van der Waals surface area (Å²) < 4.78 is 0. The Morgan fingerprint density at radius 3 is 2.06 bits per heavy atom. The van der Waals surface area contributed by atoms with Crippen LogP contribution in [0.3, 0.4) is 0 Å². The molecule has 0 saturated carbocycles. The van der Waals surface area contributed by atoms with Gasteiger partial charge in [0.05, 0.1) is 0 Å². The van der Waals surface area contributed by atoms with E-state index in [-0.39, 0.29) is 0 Å². The third-order valence-corrected chi connectivity index (χ3v) is 3.60. The SMILES string of the molecule is CCNCc1ccc(CN(C)C(CC)CC)cc1. The molecule has 1 aromatic carbocycles. The molecule has 2 heteroatoms. The van der Waals surface area contributed by atoms with Gasteiger partial charge in [-0.2, -0.15) is 0 Å². The first kappa shape index (κ1) is 15.2. The molecule has 18 heavy (non-hydrogen) atoms. The van der Waals surface area contributed by atoms with E-state index in [2.05, 4.69) is 62.3 Å². The summed E-state index contributed by atoms with van der Waals surface area (Å²) in [5, 5.41) is 3.35. The molecule has 0 saturated heterocycles. The average Bonchev–Trinajstić information content (AvgIpc) is 2.39. The van der Waals surface area contributed by atoms with Crippen molar-refractivity contribution in [3.63, 3.8) is 0 Å². The van der Waals surface area contributed by atoms with Crippen LogP contribution in [0, 0.1) is 0 Å². The minimum atomic E-state index is 0.700. The summed E-state index contributed by atoms with van der Waals surface area (Å²) in [6.07, 6.45) is 2.46. The second-order valence-corrected chi connectivity index (χ2v) is 4.98. The van der Waals surface area contributed by atoms with Crippen LogP contribution in [0.5, 0.6) is 0 Å². The van der Waals surface area contributed by atoms with Crippen LogP contribution in [0.1, 0.15) is 44.7 Å². The van der Waals surface area contributed by atoms with Crippen molar-refractivity contribution in [2.24, 2.45) is 0 Å². The fourth-order valence-electron chi connectivity index (χ4n) is 2.36. The summed E-state index contributed by atoms with van der Waals surface area (Å²) in [6.45, 7) is 9.72. The van der Waals surface area contributed by atoms with Gasteiger partial charge in [-0.15, -0.1) is 0 Å². The van der Waals surface area contributed by atoms with E-state index in [1.54, 1.807) is 0 Å². The normalized spacial score (nSPS) is 11.4. The summed E-state index contributed by atoms with van der Waals surface area (Å²) in [4.78, 5) is 2.46. The van der Waals surface area contributed by atoms with E-state index in [1.165, 1.54) is 24.0 Å². The van der Waals surface area contributed by atoms with Gasteiger partial charge in [-0.05, 0) is 37.6 Å². The van der Waals surface area contributed by atoms with E-state index < -0.39 is 0 Å². The number of hydrogen-bond acceptors (Lipinski definition) is 2. The molecule has 1 aromatic rings. The monoisotopic (exact) mass is 248 g/mol. The molecule has 1 rings (SSSR count). The van der Waals surface area contributed by atoms with E-state index in [9.17, 15) is 0 Å². The van der Waals surface area contributed by atoms with Crippen molar-refractivity contribution < 1.29 is 0 Å². The van der Waals surface area contributed by atoms with Gasteiger partial charge >= 0.3 is 0 Å². The highest BCUT2D eigenvalue weighted by atomic mass is 15.1. The first-order valence-electron chi connectivity index (χ1n) is 7.20. The molecule has 0 radical (unpaired) electrons. The van der Waals surface area contributed by atoms with E-state index >= 15 is 0 Å². The Kier molecular flexibility index (Phi) is 6.99. The van der Waals surface area contributed by atoms with Crippen molar-refractivity contribution in [3.8, 4) is 0 Å². The highest BCUT2D eigenvalue weighted by Crippen LogP contribution is 2.12. The van der Waals surface area contributed by atoms with E-state index in [1.807, 2.05) is 0 Å². The minimum absolute atomic E-state index is 0.700. The Balaban J connectivity index is 2.52. The van der Waals surface area contributed by atoms with Crippen molar-refractivity contribution in [1.82, 2.24) is 10.2 Å². The van der Waals surface area contributed by atoms with Crippen LogP contribution in [-0.2, 0) is 13.1 Å². The molecule has 0 aliphatic rings. The van der Waals surface area contributed by atoms with E-state index in [0.717, 1.165) is 19.6 Å². The van der Waals surface area contributed by atoms with Gasteiger partial charge in [-0.3, -0.25) is 4.90 Å². The molecular weight excluding hydrogens is 220 g/mol. The van der Waals surface area contributed by atoms with E-state index in [4.69, 9.17) is 0 Å². The van der Waals surface area contributed by atoms with Crippen LogP contribution in [-0.4, -0.2) is 24.5 Å². The Morgan fingerprint density at radius 1 is 1.00 bits per heavy atom. The van der Waals surface area contributed by atoms with Gasteiger partial charge in [0.15, 0.2) is 0 Å². The summed E-state index contributed by atoms with van der Waals surface area (Å²) in [7, 11) is 2.23. The van der Waals surface area contributed by atoms with Crippen molar-refractivity contribution in [3.05, 3.63) is 35.4 Å². The molecule has 2 nitrogen and oxygen atoms in total. The number of nitrogens with zero attached hydrogens (tertiary/aromatic N) is 1. The largest absolute Gasteiger partial charge is 0.313 e. The third-order valence-electron chi connectivity index (χ3n) is 3.60. The van der Waals surface area contributed by atoms with Crippen LogP contribution in [0.2, 0.25) is 0 Å². The van der Waals surface area contributed by atoms with Crippen LogP contribution in [0.15, 0.2) is 24.3 Å². The lowest BCUT2D eigenvalue weighted by atomic mass is 10.1. The maximum atomic E-state index is 3.35. The van der Waals surface area contributed by atoms with Crippen LogP contribution in [0.25, 0.3) is 0 Å². The predicted octanol–water partition coefficient (Wildman–Crippen LogP) is 3.42. The first-order chi connectivity index (χ1) is 8.71. The van der Waals surface area contributed by atoms with Gasteiger partial charge in [0.1, 0.15) is 0 Å². The second-order valence-electron chi connectivity index (χ2n) is 4.98. The zero-order valence-electron chi connectivity index (χ0n) is 12.4. The van der Waals surface area contributed by atoms with Crippen molar-refractivity contribution in [2.45, 2.75) is 52.7 Å². The molecule has 0 amide bonds. The lowest BCUT2D eigenvalue weighted by Gasteiger charge is -2.26. The molecule has 0 aliphatic heterocycles. The predicted molar refractivity (Wildman–Crippen MR) is 79.7 cm³/mol. The molecule has 0 bridgehead atoms. The number of nitrogens with one attached hydrogen (secondary N) is 1. The Labute approximate surface area is 112 Å². The summed E-state index contributed by atoms with van der Waals surface area (Å²) in [5.41, 5.74) is 2.77. The fourth-order valence-corrected chi connectivity index (χ4v) is 2.36. The maximum Gasteiger partial charge on any atom is 0.0233 e. The van der Waals surface area contributed by atoms with Crippen LogP contribution in [0.4, 0.5) is 0 Å². The topological polar surface area (TPSA) is 15.3 Å². The number of rotatable bonds is 8.